The topological polar surface area (TPSA) is 81.7 Å². The van der Waals surface area contributed by atoms with Crippen LogP contribution in [0.15, 0.2) is 47.4 Å². The lowest BCUT2D eigenvalue weighted by atomic mass is 10.1. The Morgan fingerprint density at radius 3 is 2.30 bits per heavy atom. The Bertz CT molecular complexity index is 918. The molecule has 1 aliphatic carbocycles. The maximum atomic E-state index is 12.4. The number of methoxy groups -OCH3 is 2. The first-order valence-corrected chi connectivity index (χ1v) is 10.3. The van der Waals surface area contributed by atoms with E-state index in [0.29, 0.717) is 23.5 Å². The van der Waals surface area contributed by atoms with Crippen molar-refractivity contribution in [3.63, 3.8) is 0 Å². The second kappa shape index (κ2) is 8.10. The van der Waals surface area contributed by atoms with Gasteiger partial charge in [0.05, 0.1) is 19.1 Å². The molecule has 1 saturated carbocycles. The molecule has 0 spiro atoms. The Morgan fingerprint density at radius 1 is 1.04 bits per heavy atom. The molecule has 6 nitrogen and oxygen atoms in total. The van der Waals surface area contributed by atoms with Crippen LogP contribution in [0, 0.1) is 5.92 Å². The normalized spacial score (nSPS) is 14.0. The zero-order valence-electron chi connectivity index (χ0n) is 15.4. The van der Waals surface area contributed by atoms with E-state index in [1.54, 1.807) is 32.4 Å². The predicted molar refractivity (Wildman–Crippen MR) is 102 cm³/mol. The van der Waals surface area contributed by atoms with Gasteiger partial charge in [-0.2, -0.15) is 0 Å². The standard InChI is InChI=1S/C20H23NO5S/c1-25-18-10-3-14(13-19(18)26-2)11-12-21-27(23,24)17-8-6-16(7-9-17)20(22)15-4-5-15/h3,6-10,13,15,21H,4-5,11-12H2,1-2H3. The van der Waals surface area contributed by atoms with Gasteiger partial charge < -0.3 is 9.47 Å². The van der Waals surface area contributed by atoms with Crippen molar-refractivity contribution in [2.75, 3.05) is 20.8 Å². The summed E-state index contributed by atoms with van der Waals surface area (Å²) in [5, 5.41) is 0. The summed E-state index contributed by atoms with van der Waals surface area (Å²) in [6, 6.07) is 11.6. The molecule has 0 unspecified atom stereocenters. The third kappa shape index (κ3) is 4.67. The molecule has 1 fully saturated rings. The van der Waals surface area contributed by atoms with Crippen LogP contribution < -0.4 is 14.2 Å². The molecule has 144 valence electrons. The third-order valence-corrected chi connectivity index (χ3v) is 6.03. The molecule has 0 aromatic heterocycles. The van der Waals surface area contributed by atoms with Gasteiger partial charge in [0, 0.05) is 18.0 Å². The van der Waals surface area contributed by atoms with Crippen LogP contribution in [-0.4, -0.2) is 35.0 Å². The molecule has 7 heteroatoms. The van der Waals surface area contributed by atoms with E-state index >= 15 is 0 Å². The Hall–Kier alpha value is -2.38. The van der Waals surface area contributed by atoms with Crippen LogP contribution in [-0.2, 0) is 16.4 Å². The van der Waals surface area contributed by atoms with Gasteiger partial charge in [-0.1, -0.05) is 18.2 Å². The molecule has 0 amide bonds. The van der Waals surface area contributed by atoms with Crippen molar-refractivity contribution >= 4 is 15.8 Å². The molecule has 0 atom stereocenters. The zero-order chi connectivity index (χ0) is 19.4. The van der Waals surface area contributed by atoms with Crippen molar-refractivity contribution in [2.45, 2.75) is 24.2 Å². The molecule has 0 heterocycles. The molecule has 0 saturated heterocycles. The Labute approximate surface area is 159 Å². The SMILES string of the molecule is COc1ccc(CCNS(=O)(=O)c2ccc(C(=O)C3CC3)cc2)cc1OC. The molecule has 0 radical (unpaired) electrons. The molecule has 0 bridgehead atoms. The first-order chi connectivity index (χ1) is 12.9. The van der Waals surface area contributed by atoms with Crippen LogP contribution >= 0.6 is 0 Å². The van der Waals surface area contributed by atoms with Gasteiger partial charge in [-0.15, -0.1) is 0 Å². The summed E-state index contributed by atoms with van der Waals surface area (Å²) in [5.74, 6) is 1.45. The van der Waals surface area contributed by atoms with Crippen LogP contribution in [0.3, 0.4) is 0 Å². The van der Waals surface area contributed by atoms with Crippen LogP contribution in [0.25, 0.3) is 0 Å². The molecule has 2 aromatic rings. The van der Waals surface area contributed by atoms with E-state index in [9.17, 15) is 13.2 Å². The lowest BCUT2D eigenvalue weighted by Crippen LogP contribution is -2.26. The largest absolute Gasteiger partial charge is 0.493 e. The van der Waals surface area contributed by atoms with Crippen LogP contribution in [0.4, 0.5) is 0 Å². The van der Waals surface area contributed by atoms with Crippen molar-refractivity contribution in [1.29, 1.82) is 0 Å². The van der Waals surface area contributed by atoms with Crippen LogP contribution in [0.1, 0.15) is 28.8 Å². The number of hydrogen-bond acceptors (Lipinski definition) is 5. The summed E-state index contributed by atoms with van der Waals surface area (Å²) in [5.41, 5.74) is 1.50. The fraction of sp³-hybridized carbons (Fsp3) is 0.350. The Morgan fingerprint density at radius 2 is 1.70 bits per heavy atom. The second-order valence-corrected chi connectivity index (χ2v) is 8.27. The number of carbonyl (C=O) groups excluding carboxylic acids is 1. The van der Waals surface area contributed by atoms with Crippen LogP contribution in [0.5, 0.6) is 11.5 Å². The molecule has 3 rings (SSSR count). The molecule has 1 N–H and O–H groups in total. The molecule has 0 aliphatic heterocycles. The summed E-state index contributed by atoms with van der Waals surface area (Å²) < 4.78 is 37.9. The lowest BCUT2D eigenvalue weighted by Gasteiger charge is -2.10. The van der Waals surface area contributed by atoms with Crippen molar-refractivity contribution < 1.29 is 22.7 Å². The summed E-state index contributed by atoms with van der Waals surface area (Å²) >= 11 is 0. The summed E-state index contributed by atoms with van der Waals surface area (Å²) in [6.07, 6.45) is 2.37. The maximum Gasteiger partial charge on any atom is 0.240 e. The summed E-state index contributed by atoms with van der Waals surface area (Å²) in [4.78, 5) is 12.2. The number of carbonyl (C=O) groups is 1. The van der Waals surface area contributed by atoms with Gasteiger partial charge in [-0.05, 0) is 49.1 Å². The average molecular weight is 389 g/mol. The Kier molecular flexibility index (Phi) is 5.82. The van der Waals surface area contributed by atoms with Gasteiger partial charge in [0.1, 0.15) is 0 Å². The smallest absolute Gasteiger partial charge is 0.240 e. The summed E-state index contributed by atoms with van der Waals surface area (Å²) in [6.45, 7) is 0.251. The average Bonchev–Trinajstić information content (AvgIpc) is 3.52. The van der Waals surface area contributed by atoms with Gasteiger partial charge >= 0.3 is 0 Å². The predicted octanol–water partition coefficient (Wildman–Crippen LogP) is 2.82. The van der Waals surface area contributed by atoms with Gasteiger partial charge in [0.25, 0.3) is 0 Å². The highest BCUT2D eigenvalue weighted by Gasteiger charge is 2.30. The number of hydrogen-bond donors (Lipinski definition) is 1. The first-order valence-electron chi connectivity index (χ1n) is 8.79. The van der Waals surface area contributed by atoms with E-state index in [4.69, 9.17) is 9.47 Å². The monoisotopic (exact) mass is 389 g/mol. The van der Waals surface area contributed by atoms with Crippen molar-refractivity contribution in [2.24, 2.45) is 5.92 Å². The fourth-order valence-electron chi connectivity index (χ4n) is 2.83. The number of nitrogens with one attached hydrogen (secondary N) is 1. The number of Topliss-reactive ketones (excluding diaryl/α,β-unsaturated/α-hetero) is 1. The quantitative estimate of drug-likeness (QED) is 0.667. The van der Waals surface area contributed by atoms with Gasteiger partial charge in [0.2, 0.25) is 10.0 Å². The van der Waals surface area contributed by atoms with Crippen LogP contribution in [0.2, 0.25) is 0 Å². The molecular formula is C20H23NO5S. The van der Waals surface area contributed by atoms with E-state index in [1.807, 2.05) is 12.1 Å². The third-order valence-electron chi connectivity index (χ3n) is 4.55. The molecular weight excluding hydrogens is 366 g/mol. The van der Waals surface area contributed by atoms with E-state index in [2.05, 4.69) is 4.72 Å². The molecule has 1 aliphatic rings. The van der Waals surface area contributed by atoms with E-state index in [-0.39, 0.29) is 23.1 Å². The molecule has 2 aromatic carbocycles. The van der Waals surface area contributed by atoms with Crippen molar-refractivity contribution in [3.8, 4) is 11.5 Å². The number of sulfonamides is 1. The lowest BCUT2D eigenvalue weighted by molar-refractivity contribution is 0.0967. The fourth-order valence-corrected chi connectivity index (χ4v) is 3.86. The van der Waals surface area contributed by atoms with Gasteiger partial charge in [-0.3, -0.25) is 4.79 Å². The minimum atomic E-state index is -3.62. The highest BCUT2D eigenvalue weighted by atomic mass is 32.2. The first kappa shape index (κ1) is 19.4. The number of benzene rings is 2. The van der Waals surface area contributed by atoms with Gasteiger partial charge in [0.15, 0.2) is 17.3 Å². The number of rotatable bonds is 9. The minimum Gasteiger partial charge on any atom is -0.493 e. The highest BCUT2D eigenvalue weighted by molar-refractivity contribution is 7.89. The van der Waals surface area contributed by atoms with E-state index in [0.717, 1.165) is 18.4 Å². The Balaban J connectivity index is 1.60. The number of ketones is 1. The highest BCUT2D eigenvalue weighted by Crippen LogP contribution is 2.32. The van der Waals surface area contributed by atoms with E-state index < -0.39 is 10.0 Å². The van der Waals surface area contributed by atoms with Crippen molar-refractivity contribution in [3.05, 3.63) is 53.6 Å². The molecule has 27 heavy (non-hydrogen) atoms. The minimum absolute atomic E-state index is 0.0976. The number of ether oxygens (including phenoxy) is 2. The maximum absolute atomic E-state index is 12.4. The zero-order valence-corrected chi connectivity index (χ0v) is 16.2. The van der Waals surface area contributed by atoms with E-state index in [1.165, 1.54) is 12.1 Å². The van der Waals surface area contributed by atoms with Crippen molar-refractivity contribution in [1.82, 2.24) is 4.72 Å². The second-order valence-electron chi connectivity index (χ2n) is 6.50. The van der Waals surface area contributed by atoms with Gasteiger partial charge in [-0.25, -0.2) is 13.1 Å². The summed E-state index contributed by atoms with van der Waals surface area (Å²) in [7, 11) is -0.501.